The van der Waals surface area contributed by atoms with Crippen LogP contribution in [-0.2, 0) is 6.54 Å². The molecular formula is C16H15ClN2S. The fourth-order valence-electron chi connectivity index (χ4n) is 2.31. The number of aryl methyl sites for hydroxylation is 2. The number of benzene rings is 1. The van der Waals surface area contributed by atoms with E-state index in [1.54, 1.807) is 11.3 Å². The molecule has 0 saturated heterocycles. The summed E-state index contributed by atoms with van der Waals surface area (Å²) in [5.41, 5.74) is 4.38. The number of pyridine rings is 1. The summed E-state index contributed by atoms with van der Waals surface area (Å²) in [5, 5.41) is 7.40. The largest absolute Gasteiger partial charge is 0.378 e. The van der Waals surface area contributed by atoms with Crippen molar-refractivity contribution >= 4 is 39.5 Å². The van der Waals surface area contributed by atoms with E-state index in [1.807, 2.05) is 25.3 Å². The van der Waals surface area contributed by atoms with Gasteiger partial charge in [-0.05, 0) is 54.6 Å². The highest BCUT2D eigenvalue weighted by molar-refractivity contribution is 7.10. The second-order valence-corrected chi connectivity index (χ2v) is 6.24. The van der Waals surface area contributed by atoms with Crippen molar-refractivity contribution in [1.29, 1.82) is 0 Å². The molecule has 0 spiro atoms. The first kappa shape index (κ1) is 13.4. The first-order chi connectivity index (χ1) is 9.66. The normalized spacial score (nSPS) is 10.9. The van der Waals surface area contributed by atoms with E-state index in [-0.39, 0.29) is 0 Å². The van der Waals surface area contributed by atoms with Crippen LogP contribution in [0.15, 0.2) is 35.8 Å². The third-order valence-electron chi connectivity index (χ3n) is 3.43. The molecule has 1 aromatic carbocycles. The highest BCUT2D eigenvalue weighted by atomic mass is 35.5. The fourth-order valence-corrected chi connectivity index (χ4v) is 3.49. The number of fused-ring (bicyclic) bond motifs is 1. The average Bonchev–Trinajstić information content (AvgIpc) is 2.84. The molecule has 2 aromatic heterocycles. The molecule has 0 saturated carbocycles. The molecule has 0 radical (unpaired) electrons. The molecule has 3 aromatic rings. The van der Waals surface area contributed by atoms with Crippen molar-refractivity contribution in [2.75, 3.05) is 5.32 Å². The van der Waals surface area contributed by atoms with E-state index in [4.69, 9.17) is 11.6 Å². The van der Waals surface area contributed by atoms with Crippen molar-refractivity contribution in [3.8, 4) is 0 Å². The number of halogens is 1. The van der Waals surface area contributed by atoms with E-state index >= 15 is 0 Å². The monoisotopic (exact) mass is 302 g/mol. The second-order valence-electron chi connectivity index (χ2n) is 4.83. The fraction of sp³-hybridized carbons (Fsp3) is 0.188. The van der Waals surface area contributed by atoms with Gasteiger partial charge >= 0.3 is 0 Å². The van der Waals surface area contributed by atoms with E-state index in [2.05, 4.69) is 34.7 Å². The summed E-state index contributed by atoms with van der Waals surface area (Å²) in [7, 11) is 0. The number of nitrogens with zero attached hydrogens (tertiary/aromatic N) is 1. The third kappa shape index (κ3) is 2.39. The minimum absolute atomic E-state index is 0.747. The van der Waals surface area contributed by atoms with E-state index in [0.717, 1.165) is 33.7 Å². The van der Waals surface area contributed by atoms with Gasteiger partial charge in [0.15, 0.2) is 0 Å². The molecule has 2 nitrogen and oxygen atoms in total. The number of nitrogens with one attached hydrogen (secondary N) is 1. The Labute approximate surface area is 127 Å². The maximum absolute atomic E-state index is 6.40. The van der Waals surface area contributed by atoms with Crippen molar-refractivity contribution in [2.45, 2.75) is 20.4 Å². The van der Waals surface area contributed by atoms with E-state index in [9.17, 15) is 0 Å². The molecule has 0 atom stereocenters. The van der Waals surface area contributed by atoms with Gasteiger partial charge in [-0.3, -0.25) is 4.98 Å². The first-order valence-corrected chi connectivity index (χ1v) is 7.73. The number of rotatable bonds is 3. The SMILES string of the molecule is Cc1ccsc1CNc1c(Cl)cc(C)c2ncccc12. The van der Waals surface area contributed by atoms with Crippen molar-refractivity contribution in [1.82, 2.24) is 4.98 Å². The molecular weight excluding hydrogens is 288 g/mol. The van der Waals surface area contributed by atoms with Crippen LogP contribution in [0.2, 0.25) is 5.02 Å². The van der Waals surface area contributed by atoms with Crippen molar-refractivity contribution < 1.29 is 0 Å². The van der Waals surface area contributed by atoms with E-state index in [1.165, 1.54) is 10.4 Å². The Kier molecular flexibility index (Phi) is 3.64. The molecule has 0 aliphatic rings. The lowest BCUT2D eigenvalue weighted by molar-refractivity contribution is 1.17. The standard InChI is InChI=1S/C16H15ClN2S/c1-10-5-7-20-14(10)9-19-16-12-4-3-6-18-15(12)11(2)8-13(16)17/h3-8,19H,9H2,1-2H3. The predicted octanol–water partition coefficient (Wildman–Crippen LogP) is 5.18. The minimum atomic E-state index is 0.747. The molecule has 20 heavy (non-hydrogen) atoms. The number of thiophene rings is 1. The molecule has 0 amide bonds. The average molecular weight is 303 g/mol. The highest BCUT2D eigenvalue weighted by Gasteiger charge is 2.10. The molecule has 1 N–H and O–H groups in total. The molecule has 0 aliphatic carbocycles. The Morgan fingerprint density at radius 2 is 2.10 bits per heavy atom. The maximum atomic E-state index is 6.40. The molecule has 0 bridgehead atoms. The molecule has 3 rings (SSSR count). The quantitative estimate of drug-likeness (QED) is 0.721. The topological polar surface area (TPSA) is 24.9 Å². The van der Waals surface area contributed by atoms with Crippen LogP contribution in [0, 0.1) is 13.8 Å². The van der Waals surface area contributed by atoms with Gasteiger partial charge in [-0.1, -0.05) is 11.6 Å². The van der Waals surface area contributed by atoms with Gasteiger partial charge in [-0.25, -0.2) is 0 Å². The van der Waals surface area contributed by atoms with Gasteiger partial charge in [0.2, 0.25) is 0 Å². The van der Waals surface area contributed by atoms with Crippen LogP contribution in [-0.4, -0.2) is 4.98 Å². The number of aromatic nitrogens is 1. The number of hydrogen-bond donors (Lipinski definition) is 1. The molecule has 2 heterocycles. The van der Waals surface area contributed by atoms with Crippen LogP contribution >= 0.6 is 22.9 Å². The summed E-state index contributed by atoms with van der Waals surface area (Å²) in [6.45, 7) is 4.95. The zero-order chi connectivity index (χ0) is 14.1. The predicted molar refractivity (Wildman–Crippen MR) is 87.9 cm³/mol. The zero-order valence-corrected chi connectivity index (χ0v) is 13.0. The van der Waals surface area contributed by atoms with Gasteiger partial charge in [0.1, 0.15) is 0 Å². The summed E-state index contributed by atoms with van der Waals surface area (Å²) in [6, 6.07) is 8.11. The van der Waals surface area contributed by atoms with Gasteiger partial charge in [0.25, 0.3) is 0 Å². The summed E-state index contributed by atoms with van der Waals surface area (Å²) < 4.78 is 0. The lowest BCUT2D eigenvalue weighted by Gasteiger charge is -2.13. The van der Waals surface area contributed by atoms with Gasteiger partial charge < -0.3 is 5.32 Å². The van der Waals surface area contributed by atoms with Crippen LogP contribution in [0.4, 0.5) is 5.69 Å². The Bertz CT molecular complexity index is 764. The minimum Gasteiger partial charge on any atom is -0.378 e. The molecule has 4 heteroatoms. The summed E-state index contributed by atoms with van der Waals surface area (Å²) in [5.74, 6) is 0. The van der Waals surface area contributed by atoms with E-state index in [0.29, 0.717) is 0 Å². The number of anilines is 1. The van der Waals surface area contributed by atoms with Crippen molar-refractivity contribution in [3.05, 3.63) is 56.9 Å². The Morgan fingerprint density at radius 1 is 1.25 bits per heavy atom. The van der Waals surface area contributed by atoms with Gasteiger partial charge in [-0.2, -0.15) is 0 Å². The molecule has 0 aliphatic heterocycles. The molecule has 0 unspecified atom stereocenters. The zero-order valence-electron chi connectivity index (χ0n) is 11.4. The summed E-state index contributed by atoms with van der Waals surface area (Å²) in [4.78, 5) is 5.78. The first-order valence-electron chi connectivity index (χ1n) is 6.47. The summed E-state index contributed by atoms with van der Waals surface area (Å²) in [6.07, 6.45) is 1.82. The van der Waals surface area contributed by atoms with Crippen LogP contribution in [0.5, 0.6) is 0 Å². The van der Waals surface area contributed by atoms with Crippen LogP contribution in [0.3, 0.4) is 0 Å². The lowest BCUT2D eigenvalue weighted by Crippen LogP contribution is -2.01. The Balaban J connectivity index is 2.01. The van der Waals surface area contributed by atoms with Gasteiger partial charge in [-0.15, -0.1) is 11.3 Å². The Morgan fingerprint density at radius 3 is 2.85 bits per heavy atom. The van der Waals surface area contributed by atoms with Crippen LogP contribution < -0.4 is 5.32 Å². The van der Waals surface area contributed by atoms with Crippen LogP contribution in [0.25, 0.3) is 10.9 Å². The lowest BCUT2D eigenvalue weighted by atomic mass is 10.1. The maximum Gasteiger partial charge on any atom is 0.0752 e. The number of hydrogen-bond acceptors (Lipinski definition) is 3. The third-order valence-corrected chi connectivity index (χ3v) is 4.75. The van der Waals surface area contributed by atoms with Crippen molar-refractivity contribution in [3.63, 3.8) is 0 Å². The Hall–Kier alpha value is -1.58. The highest BCUT2D eigenvalue weighted by Crippen LogP contribution is 2.33. The van der Waals surface area contributed by atoms with Crippen molar-refractivity contribution in [2.24, 2.45) is 0 Å². The van der Waals surface area contributed by atoms with Gasteiger partial charge in [0, 0.05) is 23.0 Å². The molecule has 0 fully saturated rings. The second kappa shape index (κ2) is 5.43. The van der Waals surface area contributed by atoms with E-state index < -0.39 is 0 Å². The smallest absolute Gasteiger partial charge is 0.0752 e. The van der Waals surface area contributed by atoms with Crippen LogP contribution in [0.1, 0.15) is 16.0 Å². The van der Waals surface area contributed by atoms with Gasteiger partial charge in [0.05, 0.1) is 16.2 Å². The summed E-state index contributed by atoms with van der Waals surface area (Å²) >= 11 is 8.16. The molecule has 102 valence electrons.